The molecule has 0 unspecified atom stereocenters. The number of hydrogen-bond acceptors (Lipinski definition) is 5. The van der Waals surface area contributed by atoms with Crippen molar-refractivity contribution in [2.45, 2.75) is 20.4 Å². The van der Waals surface area contributed by atoms with Gasteiger partial charge in [0.15, 0.2) is 0 Å². The van der Waals surface area contributed by atoms with Crippen molar-refractivity contribution in [3.05, 3.63) is 84.8 Å². The maximum Gasteiger partial charge on any atom is 0.337 e. The summed E-state index contributed by atoms with van der Waals surface area (Å²) in [6, 6.07) is 13.4. The zero-order chi connectivity index (χ0) is 23.0. The molecular weight excluding hydrogens is 450 g/mol. The number of aromatic nitrogens is 2. The van der Waals surface area contributed by atoms with Crippen LogP contribution in [0.1, 0.15) is 10.4 Å². The van der Waals surface area contributed by atoms with Crippen molar-refractivity contribution in [2.24, 2.45) is 0 Å². The fourth-order valence-corrected chi connectivity index (χ4v) is 4.78. The number of carbonyl (C=O) groups is 1. The summed E-state index contributed by atoms with van der Waals surface area (Å²) in [7, 11) is 1.56. The minimum absolute atomic E-state index is 0.248. The van der Waals surface area contributed by atoms with Crippen molar-refractivity contribution in [3.63, 3.8) is 0 Å². The predicted octanol–water partition coefficient (Wildman–Crippen LogP) is 4.13. The Kier molecular flexibility index (Phi) is 5.90. The van der Waals surface area contributed by atoms with Crippen LogP contribution in [-0.2, 0) is 11.3 Å². The number of nitrogens with one attached hydrogen (secondary N) is 1. The Balaban J connectivity index is 1.83. The van der Waals surface area contributed by atoms with E-state index in [1.807, 2.05) is 13.8 Å². The lowest BCUT2D eigenvalue weighted by Crippen LogP contribution is -2.40. The van der Waals surface area contributed by atoms with E-state index >= 15 is 0 Å². The van der Waals surface area contributed by atoms with Crippen LogP contribution in [0.4, 0.5) is 5.69 Å². The van der Waals surface area contributed by atoms with Crippen molar-refractivity contribution >= 4 is 44.7 Å². The maximum atomic E-state index is 13.4. The molecule has 32 heavy (non-hydrogen) atoms. The van der Waals surface area contributed by atoms with Crippen LogP contribution in [0.15, 0.2) is 58.1 Å². The van der Waals surface area contributed by atoms with Gasteiger partial charge in [-0.15, -0.1) is 11.3 Å². The Labute approximate surface area is 192 Å². The van der Waals surface area contributed by atoms with E-state index in [9.17, 15) is 14.4 Å². The Bertz CT molecular complexity index is 1450. The average molecular weight is 470 g/mol. The first-order valence-electron chi connectivity index (χ1n) is 9.75. The van der Waals surface area contributed by atoms with E-state index in [1.54, 1.807) is 55.6 Å². The number of amides is 1. The number of carbonyl (C=O) groups excluding carboxylic acids is 1. The Morgan fingerprint density at radius 1 is 1.12 bits per heavy atom. The van der Waals surface area contributed by atoms with Crippen LogP contribution in [0.25, 0.3) is 15.9 Å². The molecule has 4 rings (SSSR count). The maximum absolute atomic E-state index is 13.4. The zero-order valence-corrected chi connectivity index (χ0v) is 19.2. The number of aryl methyl sites for hydroxylation is 2. The quantitative estimate of drug-likeness (QED) is 0.476. The lowest BCUT2D eigenvalue weighted by Gasteiger charge is -2.13. The molecule has 7 nitrogen and oxygen atoms in total. The van der Waals surface area contributed by atoms with Crippen LogP contribution in [-0.4, -0.2) is 22.2 Å². The molecule has 9 heteroatoms. The van der Waals surface area contributed by atoms with Crippen LogP contribution in [0.2, 0.25) is 5.02 Å². The molecule has 0 aliphatic rings. The van der Waals surface area contributed by atoms with E-state index in [-0.39, 0.29) is 6.54 Å². The summed E-state index contributed by atoms with van der Waals surface area (Å²) in [5.41, 5.74) is 0.677. The molecule has 0 aliphatic carbocycles. The largest absolute Gasteiger partial charge is 0.497 e. The van der Waals surface area contributed by atoms with Gasteiger partial charge in [-0.1, -0.05) is 17.7 Å². The van der Waals surface area contributed by atoms with Crippen molar-refractivity contribution in [2.75, 3.05) is 12.4 Å². The summed E-state index contributed by atoms with van der Waals surface area (Å²) >= 11 is 7.41. The lowest BCUT2D eigenvalue weighted by molar-refractivity contribution is -0.116. The molecule has 2 aromatic heterocycles. The number of halogens is 1. The Morgan fingerprint density at radius 2 is 1.84 bits per heavy atom. The number of benzene rings is 2. The van der Waals surface area contributed by atoms with Crippen LogP contribution in [0.3, 0.4) is 0 Å². The molecule has 0 atom stereocenters. The molecule has 0 saturated heterocycles. The van der Waals surface area contributed by atoms with Gasteiger partial charge in [-0.3, -0.25) is 14.2 Å². The summed E-state index contributed by atoms with van der Waals surface area (Å²) in [6.45, 7) is 3.47. The normalized spacial score (nSPS) is 11.0. The topological polar surface area (TPSA) is 82.3 Å². The third kappa shape index (κ3) is 3.94. The van der Waals surface area contributed by atoms with Crippen LogP contribution in [0.5, 0.6) is 5.75 Å². The summed E-state index contributed by atoms with van der Waals surface area (Å²) in [5, 5.41) is 3.60. The van der Waals surface area contributed by atoms with Crippen molar-refractivity contribution in [1.82, 2.24) is 9.13 Å². The molecule has 164 valence electrons. The first-order chi connectivity index (χ1) is 15.3. The number of thiophene rings is 1. The van der Waals surface area contributed by atoms with Crippen molar-refractivity contribution in [3.8, 4) is 11.4 Å². The highest BCUT2D eigenvalue weighted by Gasteiger charge is 2.21. The fraction of sp³-hybridized carbons (Fsp3) is 0.174. The smallest absolute Gasteiger partial charge is 0.337 e. The van der Waals surface area contributed by atoms with Gasteiger partial charge in [-0.05, 0) is 61.9 Å². The standard InChI is InChI=1S/C23H20ClN3O4S/c1-13-14(2)32-22-20(13)21(29)27(17-6-4-5-15(24)11-17)23(30)26(22)12-19(28)25-16-7-9-18(31-3)10-8-16/h4-11H,12H2,1-3H3,(H,25,28). The van der Waals surface area contributed by atoms with Gasteiger partial charge in [-0.25, -0.2) is 9.36 Å². The monoisotopic (exact) mass is 469 g/mol. The van der Waals surface area contributed by atoms with E-state index in [2.05, 4.69) is 5.32 Å². The predicted molar refractivity (Wildman–Crippen MR) is 128 cm³/mol. The molecular formula is C23H20ClN3O4S. The fourth-order valence-electron chi connectivity index (χ4n) is 3.46. The van der Waals surface area contributed by atoms with Gasteiger partial charge in [0.2, 0.25) is 5.91 Å². The lowest BCUT2D eigenvalue weighted by atomic mass is 10.2. The molecule has 0 bridgehead atoms. The van der Waals surface area contributed by atoms with Gasteiger partial charge >= 0.3 is 5.69 Å². The third-order valence-corrected chi connectivity index (χ3v) is 6.66. The number of hydrogen-bond donors (Lipinski definition) is 1. The second-order valence-corrected chi connectivity index (χ2v) is 8.87. The SMILES string of the molecule is COc1ccc(NC(=O)Cn2c(=O)n(-c3cccc(Cl)c3)c(=O)c3c(C)c(C)sc32)cc1. The zero-order valence-electron chi connectivity index (χ0n) is 17.6. The van der Waals surface area contributed by atoms with E-state index in [0.29, 0.717) is 32.4 Å². The number of ether oxygens (including phenoxy) is 1. The van der Waals surface area contributed by atoms with Gasteiger partial charge in [0.1, 0.15) is 17.1 Å². The molecule has 2 aromatic carbocycles. The second kappa shape index (κ2) is 8.64. The second-order valence-electron chi connectivity index (χ2n) is 7.23. The van der Waals surface area contributed by atoms with Gasteiger partial charge in [-0.2, -0.15) is 0 Å². The van der Waals surface area contributed by atoms with Gasteiger partial charge in [0, 0.05) is 15.6 Å². The number of rotatable bonds is 5. The molecule has 0 spiro atoms. The molecule has 1 amide bonds. The van der Waals surface area contributed by atoms with E-state index in [4.69, 9.17) is 16.3 Å². The van der Waals surface area contributed by atoms with Crippen LogP contribution >= 0.6 is 22.9 Å². The number of nitrogens with zero attached hydrogens (tertiary/aromatic N) is 2. The highest BCUT2D eigenvalue weighted by atomic mass is 35.5. The van der Waals surface area contributed by atoms with Gasteiger partial charge < -0.3 is 10.1 Å². The molecule has 1 N–H and O–H groups in total. The molecule has 0 saturated carbocycles. The molecule has 0 aliphatic heterocycles. The van der Waals surface area contributed by atoms with Crippen molar-refractivity contribution in [1.29, 1.82) is 0 Å². The van der Waals surface area contributed by atoms with E-state index in [1.165, 1.54) is 15.9 Å². The van der Waals surface area contributed by atoms with Crippen LogP contribution < -0.4 is 21.3 Å². The van der Waals surface area contributed by atoms with E-state index < -0.39 is 17.2 Å². The minimum Gasteiger partial charge on any atom is -0.497 e. The molecule has 4 aromatic rings. The first-order valence-corrected chi connectivity index (χ1v) is 10.9. The highest BCUT2D eigenvalue weighted by molar-refractivity contribution is 7.18. The number of methoxy groups -OCH3 is 1. The number of fused-ring (bicyclic) bond motifs is 1. The van der Waals surface area contributed by atoms with Crippen LogP contribution in [0, 0.1) is 13.8 Å². The molecule has 0 fully saturated rings. The summed E-state index contributed by atoms with van der Waals surface area (Å²) in [4.78, 5) is 40.9. The molecule has 2 heterocycles. The van der Waals surface area contributed by atoms with Gasteiger partial charge in [0.05, 0.1) is 18.2 Å². The average Bonchev–Trinajstić information content (AvgIpc) is 3.06. The Morgan fingerprint density at radius 3 is 2.50 bits per heavy atom. The summed E-state index contributed by atoms with van der Waals surface area (Å²) in [6.07, 6.45) is 0. The van der Waals surface area contributed by atoms with Crippen molar-refractivity contribution < 1.29 is 9.53 Å². The highest BCUT2D eigenvalue weighted by Crippen LogP contribution is 2.27. The Hall–Kier alpha value is -3.36. The van der Waals surface area contributed by atoms with Gasteiger partial charge in [0.25, 0.3) is 5.56 Å². The minimum atomic E-state index is -0.601. The van der Waals surface area contributed by atoms with E-state index in [0.717, 1.165) is 15.0 Å². The number of anilines is 1. The first kappa shape index (κ1) is 21.9. The third-order valence-electron chi connectivity index (χ3n) is 5.19. The summed E-state index contributed by atoms with van der Waals surface area (Å²) < 4.78 is 7.52. The molecule has 0 radical (unpaired) electrons. The summed E-state index contributed by atoms with van der Waals surface area (Å²) in [5.74, 6) is 0.276.